The molecule has 4 rings (SSSR count). The van der Waals surface area contributed by atoms with Crippen LogP contribution in [0.25, 0.3) is 11.1 Å². The monoisotopic (exact) mass is 532 g/mol. The first-order chi connectivity index (χ1) is 16.6. The lowest BCUT2D eigenvalue weighted by Crippen LogP contribution is -2.23. The smallest absolute Gasteiger partial charge is 0.339 e. The van der Waals surface area contributed by atoms with Gasteiger partial charge in [0.2, 0.25) is 0 Å². The number of hydrogen-bond donors (Lipinski definition) is 3. The van der Waals surface area contributed by atoms with E-state index in [2.05, 4.69) is 34.6 Å². The molecule has 0 unspecified atom stereocenters. The molecule has 1 aliphatic rings. The Morgan fingerprint density at radius 1 is 1.03 bits per heavy atom. The number of nitrogens with zero attached hydrogens (tertiary/aromatic N) is 1. The molecule has 1 atom stereocenters. The van der Waals surface area contributed by atoms with Crippen molar-refractivity contribution >= 4 is 30.8 Å². The maximum absolute atomic E-state index is 11.7. The molecule has 3 N–H and O–H groups in total. The number of aromatic carboxylic acids is 1. The van der Waals surface area contributed by atoms with Crippen LogP contribution in [0.4, 0.5) is 0 Å². The molecule has 6 nitrogen and oxygen atoms in total. The lowest BCUT2D eigenvalue weighted by molar-refractivity contribution is 0.0686. The molecule has 1 fully saturated rings. The van der Waals surface area contributed by atoms with E-state index in [4.69, 9.17) is 4.74 Å². The molecule has 0 amide bonds. The van der Waals surface area contributed by atoms with E-state index in [1.807, 2.05) is 24.3 Å². The van der Waals surface area contributed by atoms with Gasteiger partial charge in [-0.25, -0.2) is 4.79 Å². The first-order valence-electron chi connectivity index (χ1n) is 12.0. The first-order valence-corrected chi connectivity index (χ1v) is 12.0. The molecule has 1 aliphatic carbocycles. The standard InChI is InChI=1S/C28H32N2O4.2ClH/c31-26(23-5-4-15-29-18-23)19-30-16-14-20-8-10-21(11-9-20)22-12-13-25(28(32)33)27(17-22)34-24-6-2-1-3-7-24;;/h4-5,8-13,15,17-18,24,26,30-31H,1-3,6-7,14,16,19H2,(H,32,33);2*1H/t26-;;/m1../s1. The van der Waals surface area contributed by atoms with Crippen LogP contribution >= 0.6 is 24.8 Å². The fourth-order valence-corrected chi connectivity index (χ4v) is 4.36. The van der Waals surface area contributed by atoms with Crippen molar-refractivity contribution in [2.24, 2.45) is 0 Å². The van der Waals surface area contributed by atoms with Gasteiger partial charge in [0.05, 0.1) is 12.2 Å². The molecular formula is C28H34Cl2N2O4. The van der Waals surface area contributed by atoms with E-state index in [0.717, 1.165) is 55.3 Å². The van der Waals surface area contributed by atoms with E-state index in [1.54, 1.807) is 18.5 Å². The molecule has 0 spiro atoms. The van der Waals surface area contributed by atoms with Gasteiger partial charge in [-0.15, -0.1) is 24.8 Å². The molecule has 0 bridgehead atoms. The normalized spacial score (nSPS) is 14.2. The quantitative estimate of drug-likeness (QED) is 0.283. The predicted molar refractivity (Wildman–Crippen MR) is 147 cm³/mol. The van der Waals surface area contributed by atoms with E-state index >= 15 is 0 Å². The molecule has 3 aromatic rings. The number of aliphatic hydroxyl groups is 1. The number of rotatable bonds is 10. The van der Waals surface area contributed by atoms with Gasteiger partial charge in [0.25, 0.3) is 0 Å². The minimum Gasteiger partial charge on any atom is -0.490 e. The topological polar surface area (TPSA) is 91.7 Å². The minimum atomic E-state index is -0.964. The summed E-state index contributed by atoms with van der Waals surface area (Å²) in [6.45, 7) is 1.23. The Labute approximate surface area is 224 Å². The molecule has 194 valence electrons. The van der Waals surface area contributed by atoms with Gasteiger partial charge < -0.3 is 20.3 Å². The highest BCUT2D eigenvalue weighted by Crippen LogP contribution is 2.31. The molecule has 0 aliphatic heterocycles. The lowest BCUT2D eigenvalue weighted by atomic mass is 9.97. The molecule has 1 saturated carbocycles. The number of hydrogen-bond acceptors (Lipinski definition) is 5. The van der Waals surface area contributed by atoms with Crippen molar-refractivity contribution in [2.75, 3.05) is 13.1 Å². The molecule has 8 heteroatoms. The zero-order chi connectivity index (χ0) is 23.8. The van der Waals surface area contributed by atoms with Gasteiger partial charge >= 0.3 is 5.97 Å². The van der Waals surface area contributed by atoms with Gasteiger partial charge in [0.1, 0.15) is 11.3 Å². The summed E-state index contributed by atoms with van der Waals surface area (Å²) >= 11 is 0. The van der Waals surface area contributed by atoms with Crippen molar-refractivity contribution in [2.45, 2.75) is 50.7 Å². The summed E-state index contributed by atoms with van der Waals surface area (Å²) in [5, 5.41) is 23.1. The summed E-state index contributed by atoms with van der Waals surface area (Å²) in [6.07, 6.45) is 9.17. The maximum Gasteiger partial charge on any atom is 0.339 e. The van der Waals surface area contributed by atoms with Crippen LogP contribution in [0.1, 0.15) is 59.7 Å². The SMILES string of the molecule is Cl.Cl.O=C(O)c1ccc(-c2ccc(CCNC[C@@H](O)c3cccnc3)cc2)cc1OC1CCCCC1. The van der Waals surface area contributed by atoms with Crippen LogP contribution in [0.5, 0.6) is 5.75 Å². The highest BCUT2D eigenvalue weighted by Gasteiger charge is 2.19. The van der Waals surface area contributed by atoms with E-state index in [1.165, 1.54) is 12.0 Å². The number of carboxylic acids is 1. The van der Waals surface area contributed by atoms with Gasteiger partial charge in [0, 0.05) is 24.5 Å². The summed E-state index contributed by atoms with van der Waals surface area (Å²) in [6, 6.07) is 17.3. The van der Waals surface area contributed by atoms with Crippen molar-refractivity contribution < 1.29 is 19.7 Å². The number of halogens is 2. The Kier molecular flexibility index (Phi) is 12.2. The van der Waals surface area contributed by atoms with Gasteiger partial charge in [-0.05, 0) is 73.5 Å². The van der Waals surface area contributed by atoms with Crippen LogP contribution in [-0.2, 0) is 6.42 Å². The van der Waals surface area contributed by atoms with E-state index in [-0.39, 0.29) is 36.5 Å². The van der Waals surface area contributed by atoms with Crippen molar-refractivity contribution in [3.63, 3.8) is 0 Å². The Bertz CT molecular complexity index is 1070. The van der Waals surface area contributed by atoms with Gasteiger partial charge in [-0.2, -0.15) is 0 Å². The predicted octanol–water partition coefficient (Wildman–Crippen LogP) is 5.87. The van der Waals surface area contributed by atoms with E-state index in [9.17, 15) is 15.0 Å². The van der Waals surface area contributed by atoms with Crippen LogP contribution in [0.3, 0.4) is 0 Å². The third-order valence-electron chi connectivity index (χ3n) is 6.34. The second-order valence-electron chi connectivity index (χ2n) is 8.85. The van der Waals surface area contributed by atoms with Crippen molar-refractivity contribution in [3.05, 3.63) is 83.7 Å². The van der Waals surface area contributed by atoms with E-state index < -0.39 is 12.1 Å². The van der Waals surface area contributed by atoms with Crippen molar-refractivity contribution in [3.8, 4) is 16.9 Å². The zero-order valence-electron chi connectivity index (χ0n) is 20.1. The molecule has 1 aromatic heterocycles. The molecule has 0 saturated heterocycles. The molecule has 1 heterocycles. The Balaban J connectivity index is 0.00000228. The third-order valence-corrected chi connectivity index (χ3v) is 6.34. The van der Waals surface area contributed by atoms with Gasteiger partial charge in [-0.3, -0.25) is 4.98 Å². The fraction of sp³-hybridized carbons (Fsp3) is 0.357. The lowest BCUT2D eigenvalue weighted by Gasteiger charge is -2.24. The second-order valence-corrected chi connectivity index (χ2v) is 8.85. The Morgan fingerprint density at radius 2 is 1.75 bits per heavy atom. The van der Waals surface area contributed by atoms with Gasteiger partial charge in [0.15, 0.2) is 0 Å². The highest BCUT2D eigenvalue weighted by molar-refractivity contribution is 5.92. The van der Waals surface area contributed by atoms with Crippen LogP contribution < -0.4 is 10.1 Å². The van der Waals surface area contributed by atoms with E-state index in [0.29, 0.717) is 12.3 Å². The number of aromatic nitrogens is 1. The van der Waals surface area contributed by atoms with Crippen molar-refractivity contribution in [1.82, 2.24) is 10.3 Å². The average Bonchev–Trinajstić information content (AvgIpc) is 2.88. The van der Waals surface area contributed by atoms with Gasteiger partial charge in [-0.1, -0.05) is 42.8 Å². The average molecular weight is 533 g/mol. The Hall–Kier alpha value is -2.64. The van der Waals surface area contributed by atoms with Crippen LogP contribution in [-0.4, -0.2) is 40.4 Å². The number of ether oxygens (including phenoxy) is 1. The summed E-state index contributed by atoms with van der Waals surface area (Å²) in [5.74, 6) is -0.508. The number of carboxylic acid groups (broad SMARTS) is 1. The molecule has 2 aromatic carbocycles. The number of aliphatic hydroxyl groups excluding tert-OH is 1. The van der Waals surface area contributed by atoms with Crippen molar-refractivity contribution in [1.29, 1.82) is 0 Å². The number of carbonyl (C=O) groups is 1. The Morgan fingerprint density at radius 3 is 2.42 bits per heavy atom. The number of nitrogens with one attached hydrogen (secondary N) is 1. The zero-order valence-corrected chi connectivity index (χ0v) is 21.8. The first kappa shape index (κ1) is 29.6. The molecule has 0 radical (unpaired) electrons. The van der Waals surface area contributed by atoms with Crippen LogP contribution in [0, 0.1) is 0 Å². The highest BCUT2D eigenvalue weighted by atomic mass is 35.5. The maximum atomic E-state index is 11.7. The molecule has 36 heavy (non-hydrogen) atoms. The number of benzene rings is 2. The number of pyridine rings is 1. The summed E-state index contributed by atoms with van der Waals surface area (Å²) in [7, 11) is 0. The van der Waals surface area contributed by atoms with Crippen LogP contribution in [0.15, 0.2) is 67.0 Å². The minimum absolute atomic E-state index is 0. The molecular weight excluding hydrogens is 499 g/mol. The fourth-order valence-electron chi connectivity index (χ4n) is 4.36. The third kappa shape index (κ3) is 8.20. The summed E-state index contributed by atoms with van der Waals surface area (Å²) in [4.78, 5) is 15.7. The largest absolute Gasteiger partial charge is 0.490 e. The summed E-state index contributed by atoms with van der Waals surface area (Å²) < 4.78 is 6.14. The van der Waals surface area contributed by atoms with Crippen LogP contribution in [0.2, 0.25) is 0 Å². The second kappa shape index (κ2) is 14.8. The summed E-state index contributed by atoms with van der Waals surface area (Å²) in [5.41, 5.74) is 4.17.